The summed E-state index contributed by atoms with van der Waals surface area (Å²) in [4.78, 5) is 11.6. The van der Waals surface area contributed by atoms with E-state index >= 15 is 0 Å². The van der Waals surface area contributed by atoms with Gasteiger partial charge in [0.1, 0.15) is 0 Å². The van der Waals surface area contributed by atoms with Crippen molar-refractivity contribution in [2.24, 2.45) is 0 Å². The highest BCUT2D eigenvalue weighted by molar-refractivity contribution is 9.10. The molecular weight excluding hydrogens is 364 g/mol. The Morgan fingerprint density at radius 2 is 2.30 bits per heavy atom. The summed E-state index contributed by atoms with van der Waals surface area (Å²) in [6.07, 6.45) is -0.795. The number of halogens is 1. The lowest BCUT2D eigenvalue weighted by atomic mass is 9.92. The molecule has 0 aliphatic rings. The van der Waals surface area contributed by atoms with Gasteiger partial charge in [0.05, 0.1) is 12.1 Å². The smallest absolute Gasteiger partial charge is 0.410 e. The molecule has 5 nitrogen and oxygen atoms in total. The van der Waals surface area contributed by atoms with Crippen LogP contribution >= 0.6 is 39.5 Å². The van der Waals surface area contributed by atoms with Gasteiger partial charge in [-0.1, -0.05) is 6.58 Å². The molecule has 0 saturated heterocycles. The summed E-state index contributed by atoms with van der Waals surface area (Å²) in [5.41, 5.74) is -0.0154. The molecule has 0 saturated carbocycles. The lowest BCUT2D eigenvalue weighted by molar-refractivity contribution is 0.199. The summed E-state index contributed by atoms with van der Waals surface area (Å²) >= 11 is 9.86. The van der Waals surface area contributed by atoms with Crippen LogP contribution in [0.5, 0.6) is 0 Å². The number of hydrogen-bond acceptors (Lipinski definition) is 4. The second-order valence-corrected chi connectivity index (χ2v) is 6.67. The van der Waals surface area contributed by atoms with Gasteiger partial charge < -0.3 is 15.5 Å². The number of amides is 1. The largest absolute Gasteiger partial charge is 0.465 e. The Balaban J connectivity index is 2.98. The van der Waals surface area contributed by atoms with Crippen molar-refractivity contribution in [3.05, 3.63) is 32.9 Å². The molecule has 8 heteroatoms. The van der Waals surface area contributed by atoms with Gasteiger partial charge in [0.2, 0.25) is 0 Å². The van der Waals surface area contributed by atoms with Gasteiger partial charge in [-0.15, -0.1) is 11.3 Å². The third kappa shape index (κ3) is 4.86. The molecule has 1 aromatic rings. The van der Waals surface area contributed by atoms with E-state index in [1.807, 2.05) is 18.4 Å². The van der Waals surface area contributed by atoms with Crippen LogP contribution in [0.15, 0.2) is 28.1 Å². The Labute approximate surface area is 134 Å². The fourth-order valence-electron chi connectivity index (χ4n) is 1.73. The number of carboxylic acid groups (broad SMARTS) is 1. The Kier molecular flexibility index (Phi) is 6.12. The summed E-state index contributed by atoms with van der Waals surface area (Å²) in [5, 5.41) is 24.8. The van der Waals surface area contributed by atoms with Gasteiger partial charge in [0, 0.05) is 14.7 Å². The van der Waals surface area contributed by atoms with E-state index in [9.17, 15) is 4.79 Å². The molecule has 1 atom stereocenters. The molecule has 0 fully saturated rings. The number of rotatable bonds is 5. The summed E-state index contributed by atoms with van der Waals surface area (Å²) in [7, 11) is 0. The van der Waals surface area contributed by atoms with Crippen LogP contribution in [0.25, 0.3) is 0 Å². The minimum Gasteiger partial charge on any atom is -0.465 e. The van der Waals surface area contributed by atoms with Crippen LogP contribution in [0.1, 0.15) is 18.2 Å². The predicted molar refractivity (Wildman–Crippen MR) is 87.1 cm³/mol. The molecule has 20 heavy (non-hydrogen) atoms. The molecule has 0 aliphatic heterocycles. The average molecular weight is 379 g/mol. The molecule has 0 spiro atoms. The van der Waals surface area contributed by atoms with Crippen molar-refractivity contribution in [2.45, 2.75) is 18.9 Å². The van der Waals surface area contributed by atoms with Gasteiger partial charge in [-0.05, 0) is 53.1 Å². The standard InChI is InChI=1S/C12H15BrN2O3S2/c1-7(5-16)4-12(2,9-3-8(13)6-20-9)15-10(19)14-11(17)18/h3,6,16H,1,4-5H2,2H3,(H,17,18)(H2,14,15,19). The fourth-order valence-corrected chi connectivity index (χ4v) is 3.59. The average Bonchev–Trinajstić information content (AvgIpc) is 2.74. The highest BCUT2D eigenvalue weighted by Gasteiger charge is 2.30. The van der Waals surface area contributed by atoms with Crippen LogP contribution in [-0.4, -0.2) is 28.0 Å². The van der Waals surface area contributed by atoms with E-state index in [0.29, 0.717) is 12.0 Å². The van der Waals surface area contributed by atoms with Crippen LogP contribution in [0, 0.1) is 0 Å². The Bertz CT molecular complexity index is 533. The third-order valence-electron chi connectivity index (χ3n) is 2.55. The van der Waals surface area contributed by atoms with Crippen molar-refractivity contribution in [2.75, 3.05) is 6.61 Å². The Morgan fingerprint density at radius 1 is 1.65 bits per heavy atom. The topological polar surface area (TPSA) is 81.6 Å². The van der Waals surface area contributed by atoms with Gasteiger partial charge in [-0.25, -0.2) is 4.79 Å². The van der Waals surface area contributed by atoms with Gasteiger partial charge >= 0.3 is 6.09 Å². The number of thiocarbonyl (C=S) groups is 1. The maximum atomic E-state index is 10.6. The second-order valence-electron chi connectivity index (χ2n) is 4.43. The molecular formula is C12H15BrN2O3S2. The molecule has 110 valence electrons. The molecule has 1 aromatic heterocycles. The molecule has 1 rings (SSSR count). The lowest BCUT2D eigenvalue weighted by Crippen LogP contribution is -2.49. The first-order valence-corrected chi connectivity index (χ1v) is 7.69. The highest BCUT2D eigenvalue weighted by atomic mass is 79.9. The second kappa shape index (κ2) is 7.16. The van der Waals surface area contributed by atoms with Crippen LogP contribution in [0.4, 0.5) is 4.79 Å². The minimum atomic E-state index is -1.22. The zero-order valence-electron chi connectivity index (χ0n) is 10.8. The number of aliphatic hydroxyl groups is 1. The maximum absolute atomic E-state index is 10.6. The van der Waals surface area contributed by atoms with E-state index in [4.69, 9.17) is 22.4 Å². The van der Waals surface area contributed by atoms with E-state index in [1.165, 1.54) is 11.3 Å². The Morgan fingerprint density at radius 3 is 2.75 bits per heavy atom. The first kappa shape index (κ1) is 17.1. The van der Waals surface area contributed by atoms with Crippen molar-refractivity contribution < 1.29 is 15.0 Å². The highest BCUT2D eigenvalue weighted by Crippen LogP contribution is 2.34. The zero-order valence-corrected chi connectivity index (χ0v) is 14.0. The number of aliphatic hydroxyl groups excluding tert-OH is 1. The Hall–Kier alpha value is -0.960. The molecule has 4 N–H and O–H groups in total. The predicted octanol–water partition coefficient (Wildman–Crippen LogP) is 2.81. The van der Waals surface area contributed by atoms with E-state index in [2.05, 4.69) is 33.1 Å². The molecule has 1 amide bonds. The number of carbonyl (C=O) groups is 1. The number of nitrogens with one attached hydrogen (secondary N) is 2. The quantitative estimate of drug-likeness (QED) is 0.467. The fraction of sp³-hybridized carbons (Fsp3) is 0.333. The minimum absolute atomic E-state index is 0.00950. The van der Waals surface area contributed by atoms with Crippen LogP contribution in [0.3, 0.4) is 0 Å². The van der Waals surface area contributed by atoms with Crippen molar-refractivity contribution in [3.63, 3.8) is 0 Å². The lowest BCUT2D eigenvalue weighted by Gasteiger charge is -2.31. The van der Waals surface area contributed by atoms with Gasteiger partial charge in [0.25, 0.3) is 0 Å². The molecule has 0 radical (unpaired) electrons. The normalized spacial score (nSPS) is 13.3. The van der Waals surface area contributed by atoms with Crippen LogP contribution < -0.4 is 10.6 Å². The SMILES string of the molecule is C=C(CO)CC(C)(NC(=S)NC(=O)O)c1cc(Br)cs1. The van der Waals surface area contributed by atoms with E-state index in [1.54, 1.807) is 0 Å². The first-order chi connectivity index (χ1) is 9.26. The molecule has 0 aliphatic carbocycles. The van der Waals surface area contributed by atoms with Gasteiger partial charge in [-0.3, -0.25) is 5.32 Å². The van der Waals surface area contributed by atoms with E-state index in [-0.39, 0.29) is 11.7 Å². The molecule has 0 bridgehead atoms. The summed E-state index contributed by atoms with van der Waals surface area (Å²) in [6.45, 7) is 5.52. The first-order valence-electron chi connectivity index (χ1n) is 5.61. The van der Waals surface area contributed by atoms with Crippen molar-refractivity contribution in [3.8, 4) is 0 Å². The maximum Gasteiger partial charge on any atom is 0.410 e. The molecule has 1 heterocycles. The van der Waals surface area contributed by atoms with E-state index < -0.39 is 11.6 Å². The summed E-state index contributed by atoms with van der Waals surface area (Å²) < 4.78 is 0.928. The van der Waals surface area contributed by atoms with Crippen molar-refractivity contribution in [1.82, 2.24) is 10.6 Å². The number of thiophene rings is 1. The van der Waals surface area contributed by atoms with Gasteiger partial charge in [-0.2, -0.15) is 0 Å². The molecule has 0 aromatic carbocycles. The summed E-state index contributed by atoms with van der Waals surface area (Å²) in [6, 6.07) is 1.92. The van der Waals surface area contributed by atoms with Crippen molar-refractivity contribution >= 4 is 50.7 Å². The van der Waals surface area contributed by atoms with Crippen molar-refractivity contribution in [1.29, 1.82) is 0 Å². The number of hydrogen-bond donors (Lipinski definition) is 4. The van der Waals surface area contributed by atoms with Crippen LogP contribution in [0.2, 0.25) is 0 Å². The van der Waals surface area contributed by atoms with Gasteiger partial charge in [0.15, 0.2) is 5.11 Å². The zero-order chi connectivity index (χ0) is 15.3. The molecule has 1 unspecified atom stereocenters. The van der Waals surface area contributed by atoms with E-state index in [0.717, 1.165) is 9.35 Å². The monoisotopic (exact) mass is 378 g/mol. The van der Waals surface area contributed by atoms with Crippen LogP contribution in [-0.2, 0) is 5.54 Å². The third-order valence-corrected chi connectivity index (χ3v) is 4.71. The summed E-state index contributed by atoms with van der Waals surface area (Å²) in [5.74, 6) is 0.